The average Bonchev–Trinajstić information content (AvgIpc) is 3.75. The van der Waals surface area contributed by atoms with E-state index >= 15 is 0 Å². The molecule has 0 spiro atoms. The molecular formula is C51H88N10O2S. The van der Waals surface area contributed by atoms with E-state index in [-0.39, 0.29) is 14.9 Å². The summed E-state index contributed by atoms with van der Waals surface area (Å²) in [5, 5.41) is 9.32. The van der Waals surface area contributed by atoms with Crippen molar-refractivity contribution in [2.45, 2.75) is 156 Å². The highest BCUT2D eigenvalue weighted by atomic mass is 32.1. The van der Waals surface area contributed by atoms with Crippen LogP contribution in [-0.2, 0) is 22.5 Å². The normalized spacial score (nSPS) is 10.1. The van der Waals surface area contributed by atoms with E-state index in [0.29, 0.717) is 42.1 Å². The molecule has 5 aromatic heterocycles. The zero-order valence-corrected chi connectivity index (χ0v) is 41.9. The minimum Gasteiger partial charge on any atom is -0.399 e. The van der Waals surface area contributed by atoms with E-state index in [4.69, 9.17) is 4.84 Å². The first-order valence-electron chi connectivity index (χ1n) is 21.7. The van der Waals surface area contributed by atoms with Gasteiger partial charge < -0.3 is 9.68 Å². The number of hydrogen-bond donors (Lipinski definition) is 0. The summed E-state index contributed by atoms with van der Waals surface area (Å²) in [6.45, 7) is 34.2. The van der Waals surface area contributed by atoms with Crippen molar-refractivity contribution in [3.05, 3.63) is 119 Å². The second-order valence-corrected chi connectivity index (χ2v) is 17.2. The minimum absolute atomic E-state index is 0. The summed E-state index contributed by atoms with van der Waals surface area (Å²) >= 11 is 1.67. The van der Waals surface area contributed by atoms with E-state index in [9.17, 15) is 0 Å². The lowest BCUT2D eigenvalue weighted by Gasteiger charge is -2.01. The molecule has 0 saturated heterocycles. The summed E-state index contributed by atoms with van der Waals surface area (Å²) in [4.78, 5) is 41.7. The molecule has 13 heteroatoms. The van der Waals surface area contributed by atoms with Gasteiger partial charge in [-0.1, -0.05) is 128 Å². The van der Waals surface area contributed by atoms with Gasteiger partial charge in [-0.2, -0.15) is 0 Å². The average molecular weight is 905 g/mol. The summed E-state index contributed by atoms with van der Waals surface area (Å²) in [7, 11) is 1.54. The molecule has 0 N–H and O–H groups in total. The third-order valence-corrected chi connectivity index (χ3v) is 7.85. The van der Waals surface area contributed by atoms with Crippen LogP contribution in [0.4, 0.5) is 0 Å². The summed E-state index contributed by atoms with van der Waals surface area (Å²) in [6, 6.07) is 6.05. The van der Waals surface area contributed by atoms with Gasteiger partial charge in [0.1, 0.15) is 25.9 Å². The van der Waals surface area contributed by atoms with Crippen molar-refractivity contribution >= 4 is 23.8 Å². The first-order valence-corrected chi connectivity index (χ1v) is 22.7. The molecule has 0 fully saturated rings. The maximum absolute atomic E-state index is 4.71. The molecule has 64 heavy (non-hydrogen) atoms. The first-order chi connectivity index (χ1) is 29.4. The van der Waals surface area contributed by atoms with Gasteiger partial charge in [0.05, 0.1) is 16.9 Å². The van der Waals surface area contributed by atoms with Gasteiger partial charge in [-0.15, -0.1) is 11.3 Å². The number of thiazole rings is 1. The van der Waals surface area contributed by atoms with Crippen LogP contribution in [0.5, 0.6) is 0 Å². The van der Waals surface area contributed by atoms with Crippen molar-refractivity contribution in [2.24, 2.45) is 34.0 Å². The zero-order chi connectivity index (χ0) is 47.1. The lowest BCUT2D eigenvalue weighted by Crippen LogP contribution is -1.95. The Bertz CT molecular complexity index is 1680. The molecule has 0 aromatic carbocycles. The molecule has 360 valence electrons. The molecule has 12 nitrogen and oxygen atoms in total. The topological polar surface area (TPSA) is 146 Å². The number of pyridine rings is 1. The van der Waals surface area contributed by atoms with Crippen molar-refractivity contribution in [3.8, 4) is 0 Å². The van der Waals surface area contributed by atoms with E-state index in [2.05, 4.69) is 150 Å². The van der Waals surface area contributed by atoms with Crippen LogP contribution in [0.15, 0.2) is 95.3 Å². The molecule has 0 radical (unpaired) electrons. The van der Waals surface area contributed by atoms with Crippen LogP contribution in [0.2, 0.25) is 0 Å². The molecule has 0 aliphatic rings. The standard InChI is InChI=1S/C9H13N.C8H12N2.2C7H10N2.C7H11NS.C6H13NO.C5H11NO.2CH4/c1-8(2)7-9-5-3-4-6-10-9;1-6(2)8-9-4-7(3)5-10-8;1-6(2)7-3-8-5-9-4-7;1-6(2)7-5-8-3-4-9-7;1-6(2)3-7-4-9-5-8-7;1-4-8-7-5-6(2)3;1-5(2)4-6-7-3;;/h3-6,8H,7H2,1-2H3;4-6H,1-3H3;2*3-6H,1-2H3;4-6H,3H2,1-2H3;5-6H,4H2,1-3H3;4-5H,1-3H3;2*1H4. The maximum atomic E-state index is 4.71. The first kappa shape index (κ1) is 65.6. The van der Waals surface area contributed by atoms with Crippen LogP contribution in [0, 0.1) is 30.6 Å². The number of rotatable bonds is 12. The summed E-state index contributed by atoms with van der Waals surface area (Å²) in [5.41, 5.74) is 7.67. The highest BCUT2D eigenvalue weighted by molar-refractivity contribution is 7.07. The lowest BCUT2D eigenvalue weighted by molar-refractivity contribution is 0.159. The van der Waals surface area contributed by atoms with E-state index < -0.39 is 0 Å². The molecule has 5 heterocycles. The second kappa shape index (κ2) is 43.2. The van der Waals surface area contributed by atoms with Gasteiger partial charge in [0.2, 0.25) is 0 Å². The molecule has 0 saturated carbocycles. The Hall–Kier alpha value is -5.04. The maximum Gasteiger partial charge on any atom is 0.130 e. The van der Waals surface area contributed by atoms with Crippen LogP contribution >= 0.6 is 11.3 Å². The van der Waals surface area contributed by atoms with Gasteiger partial charge >= 0.3 is 0 Å². The number of nitrogens with zero attached hydrogens (tertiary/aromatic N) is 10. The fourth-order valence-corrected chi connectivity index (χ4v) is 4.61. The van der Waals surface area contributed by atoms with Crippen LogP contribution in [0.25, 0.3) is 0 Å². The molecule has 0 atom stereocenters. The highest BCUT2D eigenvalue weighted by Gasteiger charge is 2.00. The van der Waals surface area contributed by atoms with Crippen LogP contribution < -0.4 is 0 Å². The molecule has 5 aromatic rings. The fraction of sp³-hybridized carbons (Fsp3) is 0.569. The highest BCUT2D eigenvalue weighted by Crippen LogP contribution is 2.10. The largest absolute Gasteiger partial charge is 0.399 e. The monoisotopic (exact) mass is 905 g/mol. The molecule has 0 unspecified atom stereocenters. The summed E-state index contributed by atoms with van der Waals surface area (Å²) < 4.78 is 0. The van der Waals surface area contributed by atoms with Crippen molar-refractivity contribution in [1.82, 2.24) is 39.9 Å². The minimum atomic E-state index is 0. The smallest absolute Gasteiger partial charge is 0.130 e. The quantitative estimate of drug-likeness (QED) is 0.0875. The molecule has 0 bridgehead atoms. The van der Waals surface area contributed by atoms with Gasteiger partial charge in [0, 0.05) is 79.0 Å². The molecule has 0 aliphatic heterocycles. The Morgan fingerprint density at radius 1 is 0.609 bits per heavy atom. The molecule has 0 amide bonds. The second-order valence-electron chi connectivity index (χ2n) is 16.5. The fourth-order valence-electron chi connectivity index (χ4n) is 4.03. The Morgan fingerprint density at radius 3 is 1.55 bits per heavy atom. The van der Waals surface area contributed by atoms with Crippen LogP contribution in [-0.4, -0.2) is 66.0 Å². The SMILES string of the molecule is C.C.CC(C)Cc1ccccn1.CC(C)Cc1cscn1.CC(C)c1cnccn1.CC(C)c1cncnc1.CCON=CC(C)C.CON=CC(C)C.Cc1cnc(C(C)C)nc1. The Labute approximate surface area is 394 Å². The van der Waals surface area contributed by atoms with Gasteiger partial charge in [0.25, 0.3) is 0 Å². The van der Waals surface area contributed by atoms with Gasteiger partial charge in [0.15, 0.2) is 0 Å². The number of oxime groups is 2. The van der Waals surface area contributed by atoms with Crippen molar-refractivity contribution < 1.29 is 9.68 Å². The van der Waals surface area contributed by atoms with Crippen molar-refractivity contribution in [3.63, 3.8) is 0 Å². The van der Waals surface area contributed by atoms with Crippen molar-refractivity contribution in [2.75, 3.05) is 13.7 Å². The van der Waals surface area contributed by atoms with E-state index in [0.717, 1.165) is 35.8 Å². The van der Waals surface area contributed by atoms with Crippen LogP contribution in [0.1, 0.15) is 170 Å². The number of aryl methyl sites for hydroxylation is 1. The molecular weight excluding hydrogens is 817 g/mol. The molecule has 5 rings (SSSR count). The molecule has 0 aliphatic carbocycles. The number of aromatic nitrogens is 8. The third-order valence-electron chi connectivity index (χ3n) is 7.21. The van der Waals surface area contributed by atoms with E-state index in [1.165, 1.54) is 17.0 Å². The van der Waals surface area contributed by atoms with Gasteiger partial charge in [-0.25, -0.2) is 24.9 Å². The summed E-state index contributed by atoms with van der Waals surface area (Å²) in [6.07, 6.45) is 21.7. The number of hydrogen-bond acceptors (Lipinski definition) is 13. The summed E-state index contributed by atoms with van der Waals surface area (Å²) in [5.74, 6) is 4.78. The zero-order valence-electron chi connectivity index (χ0n) is 41.1. The van der Waals surface area contributed by atoms with Crippen LogP contribution in [0.3, 0.4) is 0 Å². The van der Waals surface area contributed by atoms with Gasteiger partial charge in [-0.3, -0.25) is 15.0 Å². The van der Waals surface area contributed by atoms with E-state index in [1.54, 1.807) is 55.8 Å². The predicted octanol–water partition coefficient (Wildman–Crippen LogP) is 13.9. The third kappa shape index (κ3) is 42.3. The lowest BCUT2D eigenvalue weighted by atomic mass is 10.1. The Kier molecular flexibility index (Phi) is 44.3. The predicted molar refractivity (Wildman–Crippen MR) is 275 cm³/mol. The van der Waals surface area contributed by atoms with E-state index in [1.807, 2.05) is 76.3 Å². The Balaban J connectivity index is -0.000000327. The van der Waals surface area contributed by atoms with Gasteiger partial charge in [-0.05, 0) is 85.5 Å². The Morgan fingerprint density at radius 2 is 1.19 bits per heavy atom. The van der Waals surface area contributed by atoms with Crippen molar-refractivity contribution in [1.29, 1.82) is 0 Å².